The number of halogens is 1. The van der Waals surface area contributed by atoms with Gasteiger partial charge in [0.1, 0.15) is 0 Å². The highest BCUT2D eigenvalue weighted by molar-refractivity contribution is 7.99. The Labute approximate surface area is 167 Å². The fourth-order valence-electron chi connectivity index (χ4n) is 2.56. The first kappa shape index (κ1) is 19.5. The minimum atomic E-state index is -0.154. The van der Waals surface area contributed by atoms with E-state index in [2.05, 4.69) is 47.6 Å². The monoisotopic (exact) mass is 401 g/mol. The number of hydrogen-bond acceptors (Lipinski definition) is 5. The van der Waals surface area contributed by atoms with Crippen molar-refractivity contribution in [2.24, 2.45) is 0 Å². The van der Waals surface area contributed by atoms with Crippen LogP contribution in [-0.4, -0.2) is 21.9 Å². The zero-order chi connectivity index (χ0) is 19.2. The third-order valence-corrected chi connectivity index (χ3v) is 5.23. The number of nitrogens with zero attached hydrogens (tertiary/aromatic N) is 2. The van der Waals surface area contributed by atoms with Crippen LogP contribution in [0.3, 0.4) is 0 Å². The van der Waals surface area contributed by atoms with E-state index in [1.54, 1.807) is 11.8 Å². The maximum Gasteiger partial charge on any atom is 0.322 e. The Morgan fingerprint density at radius 3 is 2.67 bits per heavy atom. The molecule has 0 fully saturated rings. The van der Waals surface area contributed by atoms with Crippen molar-refractivity contribution in [3.63, 3.8) is 0 Å². The molecule has 0 saturated carbocycles. The lowest BCUT2D eigenvalue weighted by Crippen LogP contribution is -2.12. The molecule has 2 aromatic carbocycles. The molecule has 0 aliphatic carbocycles. The van der Waals surface area contributed by atoms with Crippen molar-refractivity contribution in [2.75, 3.05) is 11.1 Å². The molecule has 5 nitrogen and oxygen atoms in total. The molecule has 0 aliphatic rings. The molecule has 1 heterocycles. The third kappa shape index (κ3) is 5.84. The second-order valence-corrected chi connectivity index (χ2v) is 7.81. The van der Waals surface area contributed by atoms with Crippen LogP contribution in [-0.2, 0) is 11.2 Å². The van der Waals surface area contributed by atoms with Crippen molar-refractivity contribution in [3.8, 4) is 0 Å². The van der Waals surface area contributed by atoms with Crippen molar-refractivity contribution < 1.29 is 9.21 Å². The first-order chi connectivity index (χ1) is 13.0. The highest BCUT2D eigenvalue weighted by atomic mass is 35.5. The highest BCUT2D eigenvalue weighted by Crippen LogP contribution is 2.21. The van der Waals surface area contributed by atoms with Gasteiger partial charge in [0, 0.05) is 22.1 Å². The molecule has 7 heteroatoms. The van der Waals surface area contributed by atoms with Gasteiger partial charge in [0.05, 0.1) is 6.42 Å². The molecule has 0 bridgehead atoms. The van der Waals surface area contributed by atoms with E-state index in [1.165, 1.54) is 11.1 Å². The van der Waals surface area contributed by atoms with E-state index in [4.69, 9.17) is 16.0 Å². The third-order valence-electron chi connectivity index (χ3n) is 3.96. The molecular weight excluding hydrogens is 382 g/mol. The van der Waals surface area contributed by atoms with E-state index in [0.717, 1.165) is 10.5 Å². The van der Waals surface area contributed by atoms with Crippen LogP contribution < -0.4 is 5.32 Å². The smallest absolute Gasteiger partial charge is 0.322 e. The van der Waals surface area contributed by atoms with Crippen molar-refractivity contribution in [1.29, 1.82) is 0 Å². The summed E-state index contributed by atoms with van der Waals surface area (Å²) in [5.41, 5.74) is 3.52. The van der Waals surface area contributed by atoms with Gasteiger partial charge in [-0.25, -0.2) is 0 Å². The second kappa shape index (κ2) is 9.06. The Bertz CT molecular complexity index is 925. The van der Waals surface area contributed by atoms with Gasteiger partial charge in [-0.15, -0.1) is 16.9 Å². The van der Waals surface area contributed by atoms with E-state index >= 15 is 0 Å². The highest BCUT2D eigenvalue weighted by Gasteiger charge is 2.11. The zero-order valence-corrected chi connectivity index (χ0v) is 16.7. The number of anilines is 1. The minimum Gasteiger partial charge on any atom is -0.407 e. The number of aromatic nitrogens is 2. The summed E-state index contributed by atoms with van der Waals surface area (Å²) in [6.07, 6.45) is 0.892. The number of aryl methyl sites for hydroxylation is 2. The Morgan fingerprint density at radius 2 is 1.93 bits per heavy atom. The van der Waals surface area contributed by atoms with E-state index in [9.17, 15) is 4.79 Å². The average molecular weight is 402 g/mol. The number of amides is 1. The summed E-state index contributed by atoms with van der Waals surface area (Å²) < 4.78 is 5.55. The van der Waals surface area contributed by atoms with Gasteiger partial charge in [-0.3, -0.25) is 10.1 Å². The van der Waals surface area contributed by atoms with Gasteiger partial charge in [-0.2, -0.15) is 0 Å². The van der Waals surface area contributed by atoms with Crippen LogP contribution in [0, 0.1) is 13.8 Å². The van der Waals surface area contributed by atoms with Gasteiger partial charge in [-0.05, 0) is 49.2 Å². The van der Waals surface area contributed by atoms with E-state index in [1.807, 2.05) is 24.3 Å². The molecule has 27 heavy (non-hydrogen) atoms. The van der Waals surface area contributed by atoms with Gasteiger partial charge in [-0.1, -0.05) is 40.5 Å². The number of carbonyl (C=O) groups excluding carboxylic acids is 1. The van der Waals surface area contributed by atoms with Gasteiger partial charge in [0.2, 0.25) is 11.8 Å². The summed E-state index contributed by atoms with van der Waals surface area (Å²) in [6, 6.07) is 13.9. The lowest BCUT2D eigenvalue weighted by molar-refractivity contribution is -0.115. The summed E-state index contributed by atoms with van der Waals surface area (Å²) in [5, 5.41) is 11.3. The van der Waals surface area contributed by atoms with Gasteiger partial charge in [0.15, 0.2) is 0 Å². The maximum absolute atomic E-state index is 12.0. The maximum atomic E-state index is 12.0. The molecule has 0 radical (unpaired) electrons. The summed E-state index contributed by atoms with van der Waals surface area (Å²) >= 11 is 7.45. The van der Waals surface area contributed by atoms with Gasteiger partial charge in [0.25, 0.3) is 0 Å². The first-order valence-corrected chi connectivity index (χ1v) is 9.92. The Kier molecular flexibility index (Phi) is 6.53. The Morgan fingerprint density at radius 1 is 1.15 bits per heavy atom. The number of rotatable bonds is 7. The zero-order valence-electron chi connectivity index (χ0n) is 15.2. The van der Waals surface area contributed by atoms with Crippen molar-refractivity contribution in [2.45, 2.75) is 31.6 Å². The average Bonchev–Trinajstić information content (AvgIpc) is 3.06. The Hall–Kier alpha value is -2.31. The molecule has 0 atom stereocenters. The summed E-state index contributed by atoms with van der Waals surface area (Å²) in [4.78, 5) is 13.1. The molecule has 1 N–H and O–H groups in total. The fourth-order valence-corrected chi connectivity index (χ4v) is 3.53. The molecule has 1 amide bonds. The van der Waals surface area contributed by atoms with Crippen molar-refractivity contribution in [1.82, 2.24) is 10.2 Å². The number of nitrogens with one attached hydrogen (secondary N) is 1. The molecule has 3 rings (SSSR count). The molecular formula is C20H20ClN3O2S. The number of hydrogen-bond donors (Lipinski definition) is 1. The van der Waals surface area contributed by atoms with Crippen LogP contribution >= 0.6 is 23.4 Å². The van der Waals surface area contributed by atoms with Crippen LogP contribution in [0.1, 0.15) is 29.0 Å². The number of carbonyl (C=O) groups is 1. The standard InChI is InChI=1S/C20H20ClN3O2S/c1-13-3-4-15(14(2)11-13)12-19-23-24-20(26-19)22-18(25)9-10-27-17-7-5-16(21)6-8-17/h3-8,11H,9-10,12H2,1-2H3,(H,22,24,25). The Balaban J connectivity index is 1.48. The number of thioether (sulfide) groups is 1. The molecule has 0 saturated heterocycles. The largest absolute Gasteiger partial charge is 0.407 e. The van der Waals surface area contributed by atoms with Crippen LogP contribution in [0.2, 0.25) is 5.02 Å². The fraction of sp³-hybridized carbons (Fsp3) is 0.250. The molecule has 140 valence electrons. The molecule has 0 aliphatic heterocycles. The second-order valence-electron chi connectivity index (χ2n) is 6.21. The van der Waals surface area contributed by atoms with E-state index in [0.29, 0.717) is 29.5 Å². The van der Waals surface area contributed by atoms with E-state index < -0.39 is 0 Å². The SMILES string of the molecule is Cc1ccc(Cc2nnc(NC(=O)CCSc3ccc(Cl)cc3)o2)c(C)c1. The van der Waals surface area contributed by atoms with Gasteiger partial charge >= 0.3 is 6.01 Å². The summed E-state index contributed by atoms with van der Waals surface area (Å²) in [7, 11) is 0. The van der Waals surface area contributed by atoms with Crippen LogP contribution in [0.25, 0.3) is 0 Å². The first-order valence-electron chi connectivity index (χ1n) is 8.56. The number of benzene rings is 2. The van der Waals surface area contributed by atoms with E-state index in [-0.39, 0.29) is 11.9 Å². The van der Waals surface area contributed by atoms with Crippen LogP contribution in [0.5, 0.6) is 0 Å². The van der Waals surface area contributed by atoms with Crippen molar-refractivity contribution in [3.05, 3.63) is 70.1 Å². The summed E-state index contributed by atoms with van der Waals surface area (Å²) in [5.74, 6) is 0.975. The quantitative estimate of drug-likeness (QED) is 0.561. The van der Waals surface area contributed by atoms with Crippen molar-refractivity contribution >= 4 is 35.3 Å². The molecule has 1 aromatic heterocycles. The molecule has 0 spiro atoms. The minimum absolute atomic E-state index is 0.135. The molecule has 0 unspecified atom stereocenters. The molecule has 3 aromatic rings. The topological polar surface area (TPSA) is 68.0 Å². The lowest BCUT2D eigenvalue weighted by atomic mass is 10.0. The van der Waals surface area contributed by atoms with Crippen LogP contribution in [0.4, 0.5) is 6.01 Å². The lowest BCUT2D eigenvalue weighted by Gasteiger charge is -2.04. The van der Waals surface area contributed by atoms with Crippen LogP contribution in [0.15, 0.2) is 51.8 Å². The predicted molar refractivity (Wildman–Crippen MR) is 108 cm³/mol. The predicted octanol–water partition coefficient (Wildman–Crippen LogP) is 5.05. The normalized spacial score (nSPS) is 10.8. The summed E-state index contributed by atoms with van der Waals surface area (Å²) in [6.45, 7) is 4.11. The van der Waals surface area contributed by atoms with Gasteiger partial charge < -0.3 is 4.42 Å².